The lowest BCUT2D eigenvalue weighted by Gasteiger charge is -2.34. The highest BCUT2D eigenvalue weighted by Crippen LogP contribution is 2.20. The normalized spacial score (nSPS) is 15.7. The lowest BCUT2D eigenvalue weighted by Crippen LogP contribution is -2.46. The van der Waals surface area contributed by atoms with Crippen molar-refractivity contribution in [3.8, 4) is 0 Å². The van der Waals surface area contributed by atoms with Gasteiger partial charge in [-0.25, -0.2) is 4.98 Å². The third-order valence-corrected chi connectivity index (χ3v) is 4.34. The number of hydrogen-bond donors (Lipinski definition) is 1. The SMILES string of the molecule is CCN1CCN(c2cc(C)nc(Nc3ccc(Cl)cc3)n2)CC1. The van der Waals surface area contributed by atoms with Gasteiger partial charge in [0.05, 0.1) is 0 Å². The van der Waals surface area contributed by atoms with Gasteiger partial charge in [-0.05, 0) is 37.7 Å². The van der Waals surface area contributed by atoms with Gasteiger partial charge in [0, 0.05) is 48.6 Å². The molecule has 1 aliphatic heterocycles. The predicted molar refractivity (Wildman–Crippen MR) is 95.8 cm³/mol. The molecule has 122 valence electrons. The molecule has 5 nitrogen and oxygen atoms in total. The first-order valence-corrected chi connectivity index (χ1v) is 8.37. The van der Waals surface area contributed by atoms with Crippen molar-refractivity contribution in [2.24, 2.45) is 0 Å². The van der Waals surface area contributed by atoms with E-state index >= 15 is 0 Å². The zero-order valence-electron chi connectivity index (χ0n) is 13.6. The van der Waals surface area contributed by atoms with Crippen LogP contribution in [0.5, 0.6) is 0 Å². The Bertz CT molecular complexity index is 651. The average molecular weight is 332 g/mol. The third kappa shape index (κ3) is 4.12. The van der Waals surface area contributed by atoms with E-state index in [2.05, 4.69) is 38.1 Å². The van der Waals surface area contributed by atoms with E-state index in [1.807, 2.05) is 31.2 Å². The highest BCUT2D eigenvalue weighted by Gasteiger charge is 2.17. The minimum Gasteiger partial charge on any atom is -0.354 e. The number of hydrogen-bond acceptors (Lipinski definition) is 5. The lowest BCUT2D eigenvalue weighted by atomic mass is 10.3. The van der Waals surface area contributed by atoms with Crippen LogP contribution >= 0.6 is 11.6 Å². The molecule has 0 radical (unpaired) electrons. The van der Waals surface area contributed by atoms with Gasteiger partial charge in [0.15, 0.2) is 0 Å². The van der Waals surface area contributed by atoms with Gasteiger partial charge in [-0.2, -0.15) is 4.98 Å². The van der Waals surface area contributed by atoms with E-state index in [0.29, 0.717) is 5.95 Å². The van der Waals surface area contributed by atoms with Crippen LogP contribution in [0.3, 0.4) is 0 Å². The van der Waals surface area contributed by atoms with Crippen LogP contribution in [0.4, 0.5) is 17.5 Å². The molecule has 0 spiro atoms. The van der Waals surface area contributed by atoms with Gasteiger partial charge in [0.25, 0.3) is 0 Å². The topological polar surface area (TPSA) is 44.3 Å². The van der Waals surface area contributed by atoms with Crippen molar-refractivity contribution < 1.29 is 0 Å². The van der Waals surface area contributed by atoms with Gasteiger partial charge >= 0.3 is 0 Å². The van der Waals surface area contributed by atoms with Gasteiger partial charge in [-0.3, -0.25) is 0 Å². The van der Waals surface area contributed by atoms with E-state index in [1.165, 1.54) is 0 Å². The fourth-order valence-electron chi connectivity index (χ4n) is 2.73. The number of aryl methyl sites for hydroxylation is 1. The van der Waals surface area contributed by atoms with Crippen molar-refractivity contribution >= 4 is 29.1 Å². The molecule has 0 aliphatic carbocycles. The van der Waals surface area contributed by atoms with Crippen molar-refractivity contribution in [1.82, 2.24) is 14.9 Å². The first-order chi connectivity index (χ1) is 11.1. The molecule has 3 rings (SSSR count). The van der Waals surface area contributed by atoms with Crippen molar-refractivity contribution in [2.75, 3.05) is 42.9 Å². The number of nitrogens with one attached hydrogen (secondary N) is 1. The number of benzene rings is 1. The Labute approximate surface area is 142 Å². The smallest absolute Gasteiger partial charge is 0.229 e. The molecule has 1 aliphatic rings. The van der Waals surface area contributed by atoms with E-state index in [9.17, 15) is 0 Å². The van der Waals surface area contributed by atoms with E-state index in [-0.39, 0.29) is 0 Å². The van der Waals surface area contributed by atoms with Crippen molar-refractivity contribution in [3.05, 3.63) is 41.0 Å². The van der Waals surface area contributed by atoms with Crippen molar-refractivity contribution in [3.63, 3.8) is 0 Å². The summed E-state index contributed by atoms with van der Waals surface area (Å²) in [5.41, 5.74) is 1.89. The van der Waals surface area contributed by atoms with Crippen LogP contribution in [-0.2, 0) is 0 Å². The van der Waals surface area contributed by atoms with E-state index in [1.54, 1.807) is 0 Å². The van der Waals surface area contributed by atoms with Crippen LogP contribution in [0.1, 0.15) is 12.6 Å². The third-order valence-electron chi connectivity index (χ3n) is 4.08. The number of likely N-dealkylation sites (N-methyl/N-ethyl adjacent to an activating group) is 1. The van der Waals surface area contributed by atoms with Crippen molar-refractivity contribution in [1.29, 1.82) is 0 Å². The highest BCUT2D eigenvalue weighted by molar-refractivity contribution is 6.30. The Morgan fingerprint density at radius 1 is 1.09 bits per heavy atom. The maximum atomic E-state index is 5.92. The quantitative estimate of drug-likeness (QED) is 0.931. The second kappa shape index (κ2) is 7.15. The van der Waals surface area contributed by atoms with Crippen LogP contribution in [0.2, 0.25) is 5.02 Å². The number of anilines is 3. The summed E-state index contributed by atoms with van der Waals surface area (Å²) in [5.74, 6) is 1.62. The largest absolute Gasteiger partial charge is 0.354 e. The maximum Gasteiger partial charge on any atom is 0.229 e. The Morgan fingerprint density at radius 2 is 1.78 bits per heavy atom. The maximum absolute atomic E-state index is 5.92. The van der Waals surface area contributed by atoms with Crippen LogP contribution in [0.25, 0.3) is 0 Å². The number of aromatic nitrogens is 2. The fraction of sp³-hybridized carbons (Fsp3) is 0.412. The monoisotopic (exact) mass is 331 g/mol. The second-order valence-electron chi connectivity index (χ2n) is 5.74. The lowest BCUT2D eigenvalue weighted by molar-refractivity contribution is 0.270. The Balaban J connectivity index is 1.75. The standard InChI is InChI=1S/C17H22ClN5/c1-3-22-8-10-23(11-9-22)16-12-13(2)19-17(21-16)20-15-6-4-14(18)5-7-15/h4-7,12H,3,8-11H2,1-2H3,(H,19,20,21). The summed E-state index contributed by atoms with van der Waals surface area (Å²) in [4.78, 5) is 13.9. The number of nitrogens with zero attached hydrogens (tertiary/aromatic N) is 4. The van der Waals surface area contributed by atoms with Crippen molar-refractivity contribution in [2.45, 2.75) is 13.8 Å². The second-order valence-corrected chi connectivity index (χ2v) is 6.18. The summed E-state index contributed by atoms with van der Waals surface area (Å²) in [5, 5.41) is 3.97. The minimum absolute atomic E-state index is 0.625. The van der Waals surface area contributed by atoms with Gasteiger partial charge in [0.1, 0.15) is 5.82 Å². The molecule has 2 aromatic rings. The Morgan fingerprint density at radius 3 is 2.43 bits per heavy atom. The number of halogens is 1. The van der Waals surface area contributed by atoms with Gasteiger partial charge in [0.2, 0.25) is 5.95 Å². The molecule has 0 unspecified atom stereocenters. The zero-order valence-corrected chi connectivity index (χ0v) is 14.3. The summed E-state index contributed by atoms with van der Waals surface area (Å²) in [6.45, 7) is 9.49. The summed E-state index contributed by atoms with van der Waals surface area (Å²) in [6.07, 6.45) is 0. The highest BCUT2D eigenvalue weighted by atomic mass is 35.5. The first kappa shape index (κ1) is 16.0. The molecule has 1 aromatic heterocycles. The van der Waals surface area contributed by atoms with Gasteiger partial charge in [-0.15, -0.1) is 0 Å². The molecular weight excluding hydrogens is 310 g/mol. The Hall–Kier alpha value is -1.85. The molecule has 1 N–H and O–H groups in total. The molecule has 0 saturated carbocycles. The molecule has 0 amide bonds. The summed E-state index contributed by atoms with van der Waals surface area (Å²) in [7, 11) is 0. The van der Waals surface area contributed by atoms with Crippen LogP contribution in [0.15, 0.2) is 30.3 Å². The van der Waals surface area contributed by atoms with E-state index < -0.39 is 0 Å². The van der Waals surface area contributed by atoms with Crippen LogP contribution in [-0.4, -0.2) is 47.6 Å². The van der Waals surface area contributed by atoms with Crippen LogP contribution in [0, 0.1) is 6.92 Å². The minimum atomic E-state index is 0.625. The fourth-order valence-corrected chi connectivity index (χ4v) is 2.85. The summed E-state index contributed by atoms with van der Waals surface area (Å²) < 4.78 is 0. The molecule has 1 saturated heterocycles. The Kier molecular flexibility index (Phi) is 4.98. The summed E-state index contributed by atoms with van der Waals surface area (Å²) >= 11 is 5.92. The molecule has 0 atom stereocenters. The number of rotatable bonds is 4. The molecule has 23 heavy (non-hydrogen) atoms. The first-order valence-electron chi connectivity index (χ1n) is 7.99. The van der Waals surface area contributed by atoms with Crippen LogP contribution < -0.4 is 10.2 Å². The summed E-state index contributed by atoms with van der Waals surface area (Å²) in [6, 6.07) is 9.60. The van der Waals surface area contributed by atoms with E-state index in [0.717, 1.165) is 54.9 Å². The zero-order chi connectivity index (χ0) is 16.2. The predicted octanol–water partition coefficient (Wildman–Crippen LogP) is 3.32. The molecule has 1 aromatic carbocycles. The molecule has 2 heterocycles. The van der Waals surface area contributed by atoms with Gasteiger partial charge in [-0.1, -0.05) is 18.5 Å². The molecule has 0 bridgehead atoms. The molecule has 6 heteroatoms. The van der Waals surface area contributed by atoms with Gasteiger partial charge < -0.3 is 15.1 Å². The number of piperazine rings is 1. The molecule has 1 fully saturated rings. The van der Waals surface area contributed by atoms with E-state index in [4.69, 9.17) is 11.6 Å². The average Bonchev–Trinajstić information content (AvgIpc) is 2.56. The molecular formula is C17H22ClN5.